The maximum Gasteiger partial charge on any atom is 0.410 e. The molecular formula is C16H28N2O6. The van der Waals surface area contributed by atoms with Crippen molar-refractivity contribution in [1.29, 1.82) is 0 Å². The Morgan fingerprint density at radius 1 is 0.958 bits per heavy atom. The normalized spacial score (nSPS) is 19.0. The SMILES string of the molecule is CC(C)(C)OC(=O)N1CCN(C(=O)OC(C)(C)C)[C@H](CC(=O)O)C1. The summed E-state index contributed by atoms with van der Waals surface area (Å²) in [6.45, 7) is 11.1. The van der Waals surface area contributed by atoms with E-state index in [9.17, 15) is 14.4 Å². The summed E-state index contributed by atoms with van der Waals surface area (Å²) in [7, 11) is 0. The van der Waals surface area contributed by atoms with Gasteiger partial charge in [-0.05, 0) is 41.5 Å². The third-order valence-corrected chi connectivity index (χ3v) is 3.17. The molecule has 0 spiro atoms. The van der Waals surface area contributed by atoms with Gasteiger partial charge in [-0.1, -0.05) is 0 Å². The Kier molecular flexibility index (Phi) is 6.08. The minimum Gasteiger partial charge on any atom is -0.481 e. The highest BCUT2D eigenvalue weighted by atomic mass is 16.6. The van der Waals surface area contributed by atoms with Crippen LogP contribution in [0.25, 0.3) is 0 Å². The van der Waals surface area contributed by atoms with Crippen molar-refractivity contribution in [2.45, 2.75) is 65.2 Å². The maximum atomic E-state index is 12.3. The molecule has 0 aromatic heterocycles. The zero-order chi connectivity index (χ0) is 18.7. The molecule has 138 valence electrons. The molecule has 1 aliphatic rings. The second kappa shape index (κ2) is 7.27. The van der Waals surface area contributed by atoms with Crippen molar-refractivity contribution in [3.63, 3.8) is 0 Å². The second-order valence-corrected chi connectivity index (χ2v) is 7.85. The molecule has 0 aromatic carbocycles. The van der Waals surface area contributed by atoms with E-state index in [1.165, 1.54) is 9.80 Å². The maximum absolute atomic E-state index is 12.3. The molecule has 1 aliphatic heterocycles. The number of hydrogen-bond donors (Lipinski definition) is 1. The average molecular weight is 344 g/mol. The summed E-state index contributed by atoms with van der Waals surface area (Å²) in [5.41, 5.74) is -1.31. The summed E-state index contributed by atoms with van der Waals surface area (Å²) in [4.78, 5) is 38.4. The van der Waals surface area contributed by atoms with Crippen molar-refractivity contribution in [2.75, 3.05) is 19.6 Å². The summed E-state index contributed by atoms with van der Waals surface area (Å²) in [6, 6.07) is -0.654. The Balaban J connectivity index is 2.82. The van der Waals surface area contributed by atoms with E-state index < -0.39 is 35.4 Å². The molecule has 1 atom stereocenters. The number of nitrogens with zero attached hydrogens (tertiary/aromatic N) is 2. The van der Waals surface area contributed by atoms with Gasteiger partial charge in [0.25, 0.3) is 0 Å². The fourth-order valence-corrected chi connectivity index (χ4v) is 2.28. The van der Waals surface area contributed by atoms with Crippen LogP contribution in [0.4, 0.5) is 9.59 Å². The van der Waals surface area contributed by atoms with E-state index in [-0.39, 0.29) is 26.1 Å². The first-order valence-corrected chi connectivity index (χ1v) is 7.98. The van der Waals surface area contributed by atoms with Crippen molar-refractivity contribution in [1.82, 2.24) is 9.80 Å². The van der Waals surface area contributed by atoms with Crippen LogP contribution < -0.4 is 0 Å². The van der Waals surface area contributed by atoms with E-state index in [0.717, 1.165) is 0 Å². The van der Waals surface area contributed by atoms with Gasteiger partial charge >= 0.3 is 18.2 Å². The first-order valence-electron chi connectivity index (χ1n) is 7.98. The van der Waals surface area contributed by atoms with Gasteiger partial charge < -0.3 is 24.4 Å². The lowest BCUT2D eigenvalue weighted by molar-refractivity contribution is -0.138. The third-order valence-electron chi connectivity index (χ3n) is 3.17. The summed E-state index contributed by atoms with van der Waals surface area (Å²) in [5.74, 6) is -1.04. The molecule has 0 radical (unpaired) electrons. The number of carbonyl (C=O) groups is 3. The molecule has 8 nitrogen and oxygen atoms in total. The molecule has 0 unspecified atom stereocenters. The van der Waals surface area contributed by atoms with Crippen LogP contribution in [0.15, 0.2) is 0 Å². The Bertz CT molecular complexity index is 492. The first-order chi connectivity index (χ1) is 10.8. The van der Waals surface area contributed by atoms with Gasteiger partial charge in [0.15, 0.2) is 0 Å². The highest BCUT2D eigenvalue weighted by molar-refractivity contribution is 5.73. The van der Waals surface area contributed by atoms with E-state index >= 15 is 0 Å². The minimum absolute atomic E-state index is 0.0977. The highest BCUT2D eigenvalue weighted by Crippen LogP contribution is 2.20. The van der Waals surface area contributed by atoms with Crippen LogP contribution in [0.1, 0.15) is 48.0 Å². The van der Waals surface area contributed by atoms with Crippen LogP contribution >= 0.6 is 0 Å². The van der Waals surface area contributed by atoms with E-state index in [0.29, 0.717) is 0 Å². The first kappa shape index (κ1) is 20.1. The number of carboxylic acid groups (broad SMARTS) is 1. The Morgan fingerprint density at radius 2 is 1.46 bits per heavy atom. The van der Waals surface area contributed by atoms with Gasteiger partial charge in [-0.2, -0.15) is 0 Å². The van der Waals surface area contributed by atoms with Gasteiger partial charge in [0, 0.05) is 19.6 Å². The quantitative estimate of drug-likeness (QED) is 0.826. The lowest BCUT2D eigenvalue weighted by atomic mass is 10.1. The van der Waals surface area contributed by atoms with Crippen LogP contribution in [0.3, 0.4) is 0 Å². The Morgan fingerprint density at radius 3 is 1.92 bits per heavy atom. The molecule has 0 bridgehead atoms. The summed E-state index contributed by atoms with van der Waals surface area (Å²) in [6.07, 6.45) is -1.35. The van der Waals surface area contributed by atoms with Crippen molar-refractivity contribution in [3.8, 4) is 0 Å². The molecule has 1 N–H and O–H groups in total. The predicted molar refractivity (Wildman–Crippen MR) is 86.8 cm³/mol. The van der Waals surface area contributed by atoms with Gasteiger partial charge in [0.2, 0.25) is 0 Å². The number of carbonyl (C=O) groups excluding carboxylic acids is 2. The van der Waals surface area contributed by atoms with Crippen LogP contribution in [-0.4, -0.2) is 69.9 Å². The van der Waals surface area contributed by atoms with Crippen LogP contribution in [-0.2, 0) is 14.3 Å². The van der Waals surface area contributed by atoms with Gasteiger partial charge in [0.1, 0.15) is 11.2 Å². The zero-order valence-corrected chi connectivity index (χ0v) is 15.3. The van der Waals surface area contributed by atoms with Crippen molar-refractivity contribution in [3.05, 3.63) is 0 Å². The standard InChI is InChI=1S/C16H28N2O6/c1-15(2,3)23-13(21)17-7-8-18(11(10-17)9-12(19)20)14(22)24-16(4,5)6/h11H,7-10H2,1-6H3,(H,19,20)/t11-/m1/s1. The number of carboxylic acids is 1. The van der Waals surface area contributed by atoms with E-state index in [1.54, 1.807) is 41.5 Å². The third kappa shape index (κ3) is 6.64. The molecule has 8 heteroatoms. The molecular weight excluding hydrogens is 316 g/mol. The number of aliphatic carboxylic acids is 1. The molecule has 0 aliphatic carbocycles. The van der Waals surface area contributed by atoms with E-state index in [2.05, 4.69) is 0 Å². The molecule has 24 heavy (non-hydrogen) atoms. The summed E-state index contributed by atoms with van der Waals surface area (Å²) in [5, 5.41) is 9.10. The molecule has 0 saturated carbocycles. The van der Waals surface area contributed by atoms with Crippen LogP contribution in [0.2, 0.25) is 0 Å². The highest BCUT2D eigenvalue weighted by Gasteiger charge is 2.37. The fraction of sp³-hybridized carbons (Fsp3) is 0.812. The average Bonchev–Trinajstić information content (AvgIpc) is 2.33. The number of amides is 2. The van der Waals surface area contributed by atoms with E-state index in [4.69, 9.17) is 14.6 Å². The van der Waals surface area contributed by atoms with Gasteiger partial charge in [-0.25, -0.2) is 9.59 Å². The Hall–Kier alpha value is -1.99. The minimum atomic E-state index is -1.04. The second-order valence-electron chi connectivity index (χ2n) is 7.85. The topological polar surface area (TPSA) is 96.4 Å². The van der Waals surface area contributed by atoms with Crippen LogP contribution in [0.5, 0.6) is 0 Å². The fourth-order valence-electron chi connectivity index (χ4n) is 2.28. The Labute approximate surface area is 142 Å². The summed E-state index contributed by atoms with van der Waals surface area (Å²) < 4.78 is 10.6. The molecule has 2 amide bonds. The predicted octanol–water partition coefficient (Wildman–Crippen LogP) is 2.32. The van der Waals surface area contributed by atoms with E-state index in [1.807, 2.05) is 0 Å². The monoisotopic (exact) mass is 344 g/mol. The largest absolute Gasteiger partial charge is 0.481 e. The molecule has 1 heterocycles. The number of ether oxygens (including phenoxy) is 2. The van der Waals surface area contributed by atoms with Crippen molar-refractivity contribution >= 4 is 18.2 Å². The molecule has 1 saturated heterocycles. The molecule has 0 aromatic rings. The zero-order valence-electron chi connectivity index (χ0n) is 15.3. The van der Waals surface area contributed by atoms with Crippen LogP contribution in [0, 0.1) is 0 Å². The number of piperazine rings is 1. The van der Waals surface area contributed by atoms with Gasteiger partial charge in [0.05, 0.1) is 12.5 Å². The summed E-state index contributed by atoms with van der Waals surface area (Å²) >= 11 is 0. The van der Waals surface area contributed by atoms with Crippen molar-refractivity contribution in [2.24, 2.45) is 0 Å². The van der Waals surface area contributed by atoms with Gasteiger partial charge in [-0.15, -0.1) is 0 Å². The lowest BCUT2D eigenvalue weighted by Crippen LogP contribution is -2.58. The number of rotatable bonds is 2. The molecule has 1 rings (SSSR count). The molecule has 1 fully saturated rings. The lowest BCUT2D eigenvalue weighted by Gasteiger charge is -2.41. The smallest absolute Gasteiger partial charge is 0.410 e. The number of hydrogen-bond acceptors (Lipinski definition) is 5. The van der Waals surface area contributed by atoms with Gasteiger partial charge in [-0.3, -0.25) is 4.79 Å². The van der Waals surface area contributed by atoms with Crippen molar-refractivity contribution < 1.29 is 29.0 Å².